The van der Waals surface area contributed by atoms with Gasteiger partial charge in [0.05, 0.1) is 13.0 Å². The summed E-state index contributed by atoms with van der Waals surface area (Å²) in [5, 5.41) is 2.67. The van der Waals surface area contributed by atoms with Crippen LogP contribution in [0.4, 0.5) is 5.82 Å². The number of carbonyl (C=O) groups excluding carboxylic acids is 2. The van der Waals surface area contributed by atoms with Crippen LogP contribution in [0, 0.1) is 0 Å². The van der Waals surface area contributed by atoms with Crippen molar-refractivity contribution >= 4 is 17.7 Å². The van der Waals surface area contributed by atoms with Gasteiger partial charge in [0.25, 0.3) is 5.91 Å². The van der Waals surface area contributed by atoms with Crippen molar-refractivity contribution in [2.75, 3.05) is 32.1 Å². The van der Waals surface area contributed by atoms with Crippen molar-refractivity contribution in [1.82, 2.24) is 10.3 Å². The van der Waals surface area contributed by atoms with Crippen molar-refractivity contribution in [3.63, 3.8) is 0 Å². The Bertz CT molecular complexity index is 447. The van der Waals surface area contributed by atoms with Gasteiger partial charge in [0.2, 0.25) is 0 Å². The molecule has 1 aromatic rings. The maximum absolute atomic E-state index is 11.8. The number of rotatable bonds is 6. The molecule has 1 rings (SSSR count). The van der Waals surface area contributed by atoms with E-state index < -0.39 is 0 Å². The molecule has 1 heterocycles. The largest absolute Gasteiger partial charge is 0.466 e. The van der Waals surface area contributed by atoms with E-state index >= 15 is 0 Å². The minimum absolute atomic E-state index is 0.172. The van der Waals surface area contributed by atoms with Crippen LogP contribution in [-0.2, 0) is 9.53 Å². The van der Waals surface area contributed by atoms with E-state index in [0.29, 0.717) is 18.0 Å². The Labute approximate surface area is 112 Å². The Morgan fingerprint density at radius 1 is 1.42 bits per heavy atom. The first-order valence-electron chi connectivity index (χ1n) is 6.11. The van der Waals surface area contributed by atoms with Crippen LogP contribution in [0.1, 0.15) is 23.7 Å². The number of nitrogens with one attached hydrogen (secondary N) is 1. The van der Waals surface area contributed by atoms with Crippen LogP contribution in [0.5, 0.6) is 0 Å². The van der Waals surface area contributed by atoms with E-state index in [1.807, 2.05) is 19.0 Å². The number of carbonyl (C=O) groups is 2. The SMILES string of the molecule is CCOC(=O)CCNC(=O)c1ccnc(N(C)C)c1. The standard InChI is InChI=1S/C13H19N3O3/c1-4-19-12(17)6-8-15-13(18)10-5-7-14-11(9-10)16(2)3/h5,7,9H,4,6,8H2,1-3H3,(H,15,18). The number of anilines is 1. The molecule has 0 bridgehead atoms. The lowest BCUT2D eigenvalue weighted by Crippen LogP contribution is -2.26. The third kappa shape index (κ3) is 4.95. The van der Waals surface area contributed by atoms with Gasteiger partial charge in [-0.15, -0.1) is 0 Å². The van der Waals surface area contributed by atoms with Gasteiger partial charge in [0.1, 0.15) is 5.82 Å². The van der Waals surface area contributed by atoms with Gasteiger partial charge in [0, 0.05) is 32.4 Å². The molecule has 0 spiro atoms. The van der Waals surface area contributed by atoms with Crippen LogP contribution in [0.3, 0.4) is 0 Å². The highest BCUT2D eigenvalue weighted by Crippen LogP contribution is 2.09. The number of aromatic nitrogens is 1. The first-order valence-corrected chi connectivity index (χ1v) is 6.11. The molecule has 19 heavy (non-hydrogen) atoms. The van der Waals surface area contributed by atoms with Crippen molar-refractivity contribution in [2.45, 2.75) is 13.3 Å². The average Bonchev–Trinajstić information content (AvgIpc) is 2.39. The maximum atomic E-state index is 11.8. The molecule has 0 unspecified atom stereocenters. The number of ether oxygens (including phenoxy) is 1. The summed E-state index contributed by atoms with van der Waals surface area (Å²) in [5.74, 6) is 0.166. The molecule has 0 fully saturated rings. The number of esters is 1. The van der Waals surface area contributed by atoms with E-state index in [9.17, 15) is 9.59 Å². The third-order valence-electron chi connectivity index (χ3n) is 2.39. The molecule has 0 aliphatic rings. The Kier molecular flexibility index (Phi) is 5.78. The second-order valence-corrected chi connectivity index (χ2v) is 4.11. The molecular formula is C13H19N3O3. The normalized spacial score (nSPS) is 9.84. The van der Waals surface area contributed by atoms with Gasteiger partial charge < -0.3 is 15.0 Å². The highest BCUT2D eigenvalue weighted by Gasteiger charge is 2.08. The predicted octanol–water partition coefficient (Wildman–Crippen LogP) is 0.831. The smallest absolute Gasteiger partial charge is 0.307 e. The Morgan fingerprint density at radius 3 is 2.79 bits per heavy atom. The minimum atomic E-state index is -0.313. The van der Waals surface area contributed by atoms with Gasteiger partial charge in [0.15, 0.2) is 0 Å². The zero-order valence-corrected chi connectivity index (χ0v) is 11.5. The number of hydrogen-bond acceptors (Lipinski definition) is 5. The van der Waals surface area contributed by atoms with Crippen molar-refractivity contribution in [1.29, 1.82) is 0 Å². The quantitative estimate of drug-likeness (QED) is 0.771. The first kappa shape index (κ1) is 14.9. The van der Waals surface area contributed by atoms with Gasteiger partial charge in [-0.3, -0.25) is 9.59 Å². The summed E-state index contributed by atoms with van der Waals surface area (Å²) in [4.78, 5) is 28.9. The summed E-state index contributed by atoms with van der Waals surface area (Å²) in [6, 6.07) is 3.33. The summed E-state index contributed by atoms with van der Waals surface area (Å²) < 4.78 is 4.77. The summed E-state index contributed by atoms with van der Waals surface area (Å²) >= 11 is 0. The average molecular weight is 265 g/mol. The van der Waals surface area contributed by atoms with E-state index in [-0.39, 0.29) is 24.8 Å². The Balaban J connectivity index is 2.49. The van der Waals surface area contributed by atoms with E-state index in [4.69, 9.17) is 4.74 Å². The molecule has 0 atom stereocenters. The number of hydrogen-bond donors (Lipinski definition) is 1. The minimum Gasteiger partial charge on any atom is -0.466 e. The summed E-state index contributed by atoms with van der Waals surface area (Å²) in [7, 11) is 3.70. The molecule has 104 valence electrons. The highest BCUT2D eigenvalue weighted by atomic mass is 16.5. The molecule has 0 aliphatic carbocycles. The third-order valence-corrected chi connectivity index (χ3v) is 2.39. The molecule has 0 saturated heterocycles. The molecule has 6 heteroatoms. The molecule has 1 amide bonds. The summed E-state index contributed by atoms with van der Waals surface area (Å²) in [6.07, 6.45) is 1.75. The molecular weight excluding hydrogens is 246 g/mol. The Hall–Kier alpha value is -2.11. The van der Waals surface area contributed by atoms with Gasteiger partial charge in [-0.25, -0.2) is 4.98 Å². The number of pyridine rings is 1. The fourth-order valence-corrected chi connectivity index (χ4v) is 1.42. The Morgan fingerprint density at radius 2 is 2.16 bits per heavy atom. The first-order chi connectivity index (χ1) is 9.04. The lowest BCUT2D eigenvalue weighted by molar-refractivity contribution is -0.142. The van der Waals surface area contributed by atoms with Crippen molar-refractivity contribution in [3.8, 4) is 0 Å². The topological polar surface area (TPSA) is 71.5 Å². The monoisotopic (exact) mass is 265 g/mol. The molecule has 0 aromatic carbocycles. The van der Waals surface area contributed by atoms with Crippen LogP contribution < -0.4 is 10.2 Å². The van der Waals surface area contributed by atoms with Crippen LogP contribution >= 0.6 is 0 Å². The zero-order valence-electron chi connectivity index (χ0n) is 11.5. The molecule has 1 aromatic heterocycles. The summed E-state index contributed by atoms with van der Waals surface area (Å²) in [5.41, 5.74) is 0.516. The van der Waals surface area contributed by atoms with E-state index in [1.54, 1.807) is 25.3 Å². The number of amides is 1. The highest BCUT2D eigenvalue weighted by molar-refractivity contribution is 5.94. The van der Waals surface area contributed by atoms with Gasteiger partial charge in [-0.05, 0) is 19.1 Å². The van der Waals surface area contributed by atoms with Gasteiger partial charge in [-0.1, -0.05) is 0 Å². The second kappa shape index (κ2) is 7.35. The summed E-state index contributed by atoms with van der Waals surface area (Å²) in [6.45, 7) is 2.36. The van der Waals surface area contributed by atoms with Crippen molar-refractivity contribution in [3.05, 3.63) is 23.9 Å². The lowest BCUT2D eigenvalue weighted by atomic mass is 10.2. The van der Waals surface area contributed by atoms with Gasteiger partial charge in [-0.2, -0.15) is 0 Å². The molecule has 0 saturated carbocycles. The fourth-order valence-electron chi connectivity index (χ4n) is 1.42. The lowest BCUT2D eigenvalue weighted by Gasteiger charge is -2.12. The molecule has 0 aliphatic heterocycles. The van der Waals surface area contributed by atoms with Crippen molar-refractivity contribution < 1.29 is 14.3 Å². The zero-order chi connectivity index (χ0) is 14.3. The molecule has 0 radical (unpaired) electrons. The molecule has 1 N–H and O–H groups in total. The fraction of sp³-hybridized carbons (Fsp3) is 0.462. The molecule has 6 nitrogen and oxygen atoms in total. The van der Waals surface area contributed by atoms with Crippen LogP contribution in [-0.4, -0.2) is 44.1 Å². The second-order valence-electron chi connectivity index (χ2n) is 4.11. The predicted molar refractivity (Wildman–Crippen MR) is 72.1 cm³/mol. The maximum Gasteiger partial charge on any atom is 0.307 e. The van der Waals surface area contributed by atoms with Crippen LogP contribution in [0.25, 0.3) is 0 Å². The van der Waals surface area contributed by atoms with Gasteiger partial charge >= 0.3 is 5.97 Å². The van der Waals surface area contributed by atoms with E-state index in [2.05, 4.69) is 10.3 Å². The van der Waals surface area contributed by atoms with Crippen molar-refractivity contribution in [2.24, 2.45) is 0 Å². The van der Waals surface area contributed by atoms with E-state index in [0.717, 1.165) is 0 Å². The van der Waals surface area contributed by atoms with Crippen LogP contribution in [0.15, 0.2) is 18.3 Å². The van der Waals surface area contributed by atoms with Crippen LogP contribution in [0.2, 0.25) is 0 Å². The van der Waals surface area contributed by atoms with E-state index in [1.165, 1.54) is 0 Å². The number of nitrogens with zero attached hydrogens (tertiary/aromatic N) is 2.